The van der Waals surface area contributed by atoms with Gasteiger partial charge in [-0.25, -0.2) is 0 Å². The van der Waals surface area contributed by atoms with Crippen molar-refractivity contribution in [2.75, 3.05) is 4.90 Å². The van der Waals surface area contributed by atoms with Gasteiger partial charge in [0, 0.05) is 22.5 Å². The second-order valence-corrected chi connectivity index (χ2v) is 10.4. The molecule has 0 atom stereocenters. The van der Waals surface area contributed by atoms with Crippen molar-refractivity contribution in [3.8, 4) is 0 Å². The highest BCUT2D eigenvalue weighted by Gasteiger charge is 2.51. The van der Waals surface area contributed by atoms with Crippen LogP contribution in [0, 0.1) is 0 Å². The summed E-state index contributed by atoms with van der Waals surface area (Å²) < 4.78 is 12.6. The zero-order chi connectivity index (χ0) is 24.6. The molecule has 35 heavy (non-hydrogen) atoms. The molecule has 0 radical (unpaired) electrons. The Bertz CT molecular complexity index is 1310. The van der Waals surface area contributed by atoms with Crippen molar-refractivity contribution >= 4 is 29.5 Å². The maximum Gasteiger partial charge on any atom is 0.494 e. The average molecular weight is 461 g/mol. The van der Waals surface area contributed by atoms with E-state index in [4.69, 9.17) is 9.31 Å². The molecule has 3 nitrogen and oxygen atoms in total. The van der Waals surface area contributed by atoms with Gasteiger partial charge in [0.25, 0.3) is 0 Å². The van der Waals surface area contributed by atoms with Crippen LogP contribution >= 0.6 is 0 Å². The molecule has 2 aromatic rings. The lowest BCUT2D eigenvalue weighted by atomic mass is 9.79. The van der Waals surface area contributed by atoms with Gasteiger partial charge in [0.2, 0.25) is 0 Å². The minimum absolute atomic E-state index is 0.360. The van der Waals surface area contributed by atoms with Gasteiger partial charge in [-0.2, -0.15) is 0 Å². The zero-order valence-corrected chi connectivity index (χ0v) is 21.3. The van der Waals surface area contributed by atoms with Crippen molar-refractivity contribution < 1.29 is 9.31 Å². The highest BCUT2D eigenvalue weighted by molar-refractivity contribution is 6.62. The Hall–Kier alpha value is -3.26. The lowest BCUT2D eigenvalue weighted by Gasteiger charge is -2.32. The fourth-order valence-corrected chi connectivity index (χ4v) is 4.54. The summed E-state index contributed by atoms with van der Waals surface area (Å²) in [4.78, 5) is 2.37. The van der Waals surface area contributed by atoms with Crippen molar-refractivity contribution in [3.63, 3.8) is 0 Å². The van der Waals surface area contributed by atoms with Gasteiger partial charge < -0.3 is 14.2 Å². The minimum atomic E-state index is -0.372. The lowest BCUT2D eigenvalue weighted by Crippen LogP contribution is -2.41. The highest BCUT2D eigenvalue weighted by atomic mass is 16.7. The van der Waals surface area contributed by atoms with E-state index >= 15 is 0 Å². The molecule has 0 bridgehead atoms. The highest BCUT2D eigenvalue weighted by Crippen LogP contribution is 2.39. The van der Waals surface area contributed by atoms with Crippen LogP contribution in [0.4, 0.5) is 11.4 Å². The van der Waals surface area contributed by atoms with E-state index in [-0.39, 0.29) is 18.3 Å². The topological polar surface area (TPSA) is 21.7 Å². The van der Waals surface area contributed by atoms with Crippen LogP contribution < -0.4 is 10.4 Å². The van der Waals surface area contributed by atoms with Crippen molar-refractivity contribution in [1.82, 2.24) is 0 Å². The lowest BCUT2D eigenvalue weighted by molar-refractivity contribution is 0.00578. The number of allylic oxidation sites excluding steroid dienone is 8. The van der Waals surface area contributed by atoms with Crippen molar-refractivity contribution in [3.05, 3.63) is 107 Å². The number of rotatable bonds is 5. The van der Waals surface area contributed by atoms with Gasteiger partial charge in [0.05, 0.1) is 16.9 Å². The van der Waals surface area contributed by atoms with Crippen LogP contribution in [0.5, 0.6) is 0 Å². The van der Waals surface area contributed by atoms with Gasteiger partial charge in [0.1, 0.15) is 0 Å². The molecule has 0 saturated carbocycles. The van der Waals surface area contributed by atoms with E-state index in [9.17, 15) is 0 Å². The van der Waals surface area contributed by atoms with E-state index in [1.807, 2.05) is 12.2 Å². The minimum Gasteiger partial charge on any atom is -0.399 e. The first-order chi connectivity index (χ1) is 16.7. The maximum atomic E-state index is 6.28. The van der Waals surface area contributed by atoms with E-state index in [1.54, 1.807) is 0 Å². The Balaban J connectivity index is 1.56. The number of hydrogen-bond acceptors (Lipinski definition) is 3. The Morgan fingerprint density at radius 3 is 2.23 bits per heavy atom. The van der Waals surface area contributed by atoms with Crippen molar-refractivity contribution in [2.45, 2.75) is 58.7 Å². The molecular weight excluding hydrogens is 429 g/mol. The number of nitrogens with zero attached hydrogens (tertiary/aromatic N) is 1. The first-order valence-electron chi connectivity index (χ1n) is 12.3. The van der Waals surface area contributed by atoms with E-state index in [0.717, 1.165) is 40.8 Å². The average Bonchev–Trinajstić information content (AvgIpc) is 3.08. The third-order valence-corrected chi connectivity index (χ3v) is 7.38. The predicted molar refractivity (Wildman–Crippen MR) is 146 cm³/mol. The second-order valence-electron chi connectivity index (χ2n) is 10.4. The number of hydrogen-bond donors (Lipinski definition) is 0. The van der Waals surface area contributed by atoms with Crippen LogP contribution in [-0.2, 0) is 9.31 Å². The Labute approximate surface area is 209 Å². The molecule has 176 valence electrons. The summed E-state index contributed by atoms with van der Waals surface area (Å²) in [5.41, 5.74) is 13.8. The van der Waals surface area contributed by atoms with E-state index in [0.29, 0.717) is 0 Å². The molecule has 1 heterocycles. The largest absolute Gasteiger partial charge is 0.494 e. The molecule has 0 unspecified atom stereocenters. The number of benzene rings is 2. The van der Waals surface area contributed by atoms with Crippen LogP contribution in [0.3, 0.4) is 0 Å². The monoisotopic (exact) mass is 461 g/mol. The summed E-state index contributed by atoms with van der Waals surface area (Å²) in [5.74, 6) is 0. The van der Waals surface area contributed by atoms with Crippen molar-refractivity contribution in [2.24, 2.45) is 0 Å². The normalized spacial score (nSPS) is 19.9. The zero-order valence-electron chi connectivity index (χ0n) is 21.3. The van der Waals surface area contributed by atoms with Crippen LogP contribution in [0.15, 0.2) is 102 Å². The number of para-hydroxylation sites is 1. The molecule has 0 amide bonds. The molecule has 0 aromatic heterocycles. The number of anilines is 2. The predicted octanol–water partition coefficient (Wildman–Crippen LogP) is 7.01. The molecule has 2 aliphatic carbocycles. The molecule has 1 saturated heterocycles. The molecule has 1 fully saturated rings. The summed E-state index contributed by atoms with van der Waals surface area (Å²) in [7, 11) is -0.372. The van der Waals surface area contributed by atoms with Gasteiger partial charge in [0.15, 0.2) is 0 Å². The van der Waals surface area contributed by atoms with Gasteiger partial charge >= 0.3 is 7.12 Å². The van der Waals surface area contributed by atoms with Gasteiger partial charge in [-0.05, 0) is 89.4 Å². The van der Waals surface area contributed by atoms with Crippen LogP contribution in [0.2, 0.25) is 0 Å². The quantitative estimate of drug-likeness (QED) is 0.353. The Kier molecular flexibility index (Phi) is 6.09. The molecular formula is C31H32BNO2. The molecule has 0 spiro atoms. The Morgan fingerprint density at radius 2 is 1.60 bits per heavy atom. The van der Waals surface area contributed by atoms with Crippen LogP contribution in [0.1, 0.15) is 53.0 Å². The Morgan fingerprint density at radius 1 is 0.886 bits per heavy atom. The van der Waals surface area contributed by atoms with Crippen LogP contribution in [0.25, 0.3) is 5.57 Å². The SMILES string of the molecule is CC1=CC=C(N(c2ccc(B3OC(C)(C)C(C)(C)O3)cc2)c2ccccc2C2=C=C=CC=C2)CC1. The summed E-state index contributed by atoms with van der Waals surface area (Å²) in [5, 5.41) is 0. The first kappa shape index (κ1) is 23.5. The molecule has 1 aliphatic heterocycles. The van der Waals surface area contributed by atoms with E-state index in [1.165, 1.54) is 11.3 Å². The van der Waals surface area contributed by atoms with Gasteiger partial charge in [-0.15, -0.1) is 0 Å². The molecule has 5 rings (SSSR count). The third-order valence-electron chi connectivity index (χ3n) is 7.38. The maximum absolute atomic E-state index is 6.28. The molecule has 4 heteroatoms. The summed E-state index contributed by atoms with van der Waals surface area (Å²) in [6.07, 6.45) is 12.5. The first-order valence-corrected chi connectivity index (χ1v) is 12.3. The smallest absolute Gasteiger partial charge is 0.399 e. The molecule has 2 aromatic carbocycles. The van der Waals surface area contributed by atoms with E-state index < -0.39 is 0 Å². The summed E-state index contributed by atoms with van der Waals surface area (Å²) in [6, 6.07) is 17.1. The van der Waals surface area contributed by atoms with Gasteiger partial charge in [-0.1, -0.05) is 59.5 Å². The van der Waals surface area contributed by atoms with Crippen LogP contribution in [-0.4, -0.2) is 18.3 Å². The van der Waals surface area contributed by atoms with Crippen molar-refractivity contribution in [1.29, 1.82) is 0 Å². The third kappa shape index (κ3) is 4.55. The fraction of sp³-hybridized carbons (Fsp3) is 0.290. The summed E-state index contributed by atoms with van der Waals surface area (Å²) in [6.45, 7) is 10.5. The molecule has 0 N–H and O–H groups in total. The second kappa shape index (κ2) is 9.08. The fourth-order valence-electron chi connectivity index (χ4n) is 4.54. The standard InChI is InChI=1S/C31H32BNO2/c1-23-15-19-26(20-16-23)33(29-14-10-9-13-28(29)24-11-7-6-8-12-24)27-21-17-25(18-22-27)32-34-30(2,3)31(4,5)35-32/h6-7,9-11,13-15,17-19,21-22H,16,20H2,1-5H3. The summed E-state index contributed by atoms with van der Waals surface area (Å²) >= 11 is 0. The van der Waals surface area contributed by atoms with Gasteiger partial charge in [-0.3, -0.25) is 0 Å². The molecule has 3 aliphatic rings. The van der Waals surface area contributed by atoms with E-state index in [2.05, 4.69) is 118 Å².